The lowest BCUT2D eigenvalue weighted by Gasteiger charge is -2.06. The average Bonchev–Trinajstić information content (AvgIpc) is 2.97. The molecular formula is C11H15N3O2S3. The second kappa shape index (κ2) is 6.10. The van der Waals surface area contributed by atoms with E-state index < -0.39 is 10.0 Å². The Bertz CT molecular complexity index is 646. The van der Waals surface area contributed by atoms with E-state index in [1.807, 2.05) is 6.92 Å². The number of thiophene rings is 1. The summed E-state index contributed by atoms with van der Waals surface area (Å²) in [5, 5.41) is 5.52. The van der Waals surface area contributed by atoms with Crippen LogP contribution in [0.3, 0.4) is 0 Å². The van der Waals surface area contributed by atoms with Crippen molar-refractivity contribution in [3.05, 3.63) is 32.4 Å². The Morgan fingerprint density at radius 1 is 1.37 bits per heavy atom. The van der Waals surface area contributed by atoms with Gasteiger partial charge in [0, 0.05) is 22.5 Å². The zero-order valence-electron chi connectivity index (χ0n) is 10.6. The van der Waals surface area contributed by atoms with Gasteiger partial charge in [-0.3, -0.25) is 0 Å². The summed E-state index contributed by atoms with van der Waals surface area (Å²) in [6, 6.07) is 1.63. The molecule has 2 N–H and O–H groups in total. The van der Waals surface area contributed by atoms with E-state index in [1.165, 1.54) is 22.7 Å². The zero-order chi connectivity index (χ0) is 13.9. The van der Waals surface area contributed by atoms with E-state index in [2.05, 4.69) is 15.0 Å². The summed E-state index contributed by atoms with van der Waals surface area (Å²) in [7, 11) is -1.68. The van der Waals surface area contributed by atoms with E-state index in [4.69, 9.17) is 0 Å². The third-order valence-electron chi connectivity index (χ3n) is 2.41. The highest BCUT2D eigenvalue weighted by molar-refractivity contribution is 7.89. The standard InChI is InChI=1S/C11H15N3O2S3/c1-8-5-13-11(18-8)7-14-19(15,16)10-3-4-17-9(10)6-12-2/h3-5,12,14H,6-7H2,1-2H3. The molecule has 0 spiro atoms. The Morgan fingerprint density at radius 3 is 2.79 bits per heavy atom. The number of aryl methyl sites for hydroxylation is 1. The lowest BCUT2D eigenvalue weighted by molar-refractivity contribution is 0.580. The number of nitrogens with zero attached hydrogens (tertiary/aromatic N) is 1. The maximum absolute atomic E-state index is 12.2. The number of thiazole rings is 1. The predicted molar refractivity (Wildman–Crippen MR) is 78.0 cm³/mol. The first kappa shape index (κ1) is 14.6. The number of hydrogen-bond acceptors (Lipinski definition) is 6. The molecule has 8 heteroatoms. The highest BCUT2D eigenvalue weighted by Crippen LogP contribution is 2.22. The van der Waals surface area contributed by atoms with E-state index >= 15 is 0 Å². The van der Waals surface area contributed by atoms with Gasteiger partial charge < -0.3 is 5.32 Å². The quantitative estimate of drug-likeness (QED) is 0.851. The van der Waals surface area contributed by atoms with Crippen molar-refractivity contribution in [2.75, 3.05) is 7.05 Å². The molecule has 0 unspecified atom stereocenters. The average molecular weight is 317 g/mol. The zero-order valence-corrected chi connectivity index (χ0v) is 13.1. The van der Waals surface area contributed by atoms with Crippen LogP contribution in [0.15, 0.2) is 22.5 Å². The second-order valence-electron chi connectivity index (χ2n) is 3.93. The highest BCUT2D eigenvalue weighted by Gasteiger charge is 2.19. The Hall–Kier alpha value is -0.800. The molecule has 0 bridgehead atoms. The Balaban J connectivity index is 2.11. The van der Waals surface area contributed by atoms with Gasteiger partial charge in [0.1, 0.15) is 5.01 Å². The van der Waals surface area contributed by atoms with Gasteiger partial charge in [-0.25, -0.2) is 18.1 Å². The van der Waals surface area contributed by atoms with Crippen molar-refractivity contribution < 1.29 is 8.42 Å². The summed E-state index contributed by atoms with van der Waals surface area (Å²) in [5.74, 6) is 0. The van der Waals surface area contributed by atoms with Crippen LogP contribution in [-0.4, -0.2) is 20.4 Å². The summed E-state index contributed by atoms with van der Waals surface area (Å²) in [6.45, 7) is 2.72. The van der Waals surface area contributed by atoms with Gasteiger partial charge in [-0.15, -0.1) is 22.7 Å². The van der Waals surface area contributed by atoms with Crippen molar-refractivity contribution in [2.45, 2.75) is 24.9 Å². The fourth-order valence-corrected chi connectivity index (χ4v) is 4.83. The Kier molecular flexibility index (Phi) is 4.69. The molecular weight excluding hydrogens is 302 g/mol. The van der Waals surface area contributed by atoms with Crippen LogP contribution in [0.2, 0.25) is 0 Å². The summed E-state index contributed by atoms with van der Waals surface area (Å²) in [4.78, 5) is 6.37. The van der Waals surface area contributed by atoms with Crippen LogP contribution in [0.5, 0.6) is 0 Å². The minimum absolute atomic E-state index is 0.232. The van der Waals surface area contributed by atoms with Crippen molar-refractivity contribution in [3.63, 3.8) is 0 Å². The number of hydrogen-bond donors (Lipinski definition) is 2. The van der Waals surface area contributed by atoms with Crippen LogP contribution >= 0.6 is 22.7 Å². The van der Waals surface area contributed by atoms with E-state index in [1.54, 1.807) is 24.7 Å². The fourth-order valence-electron chi connectivity index (χ4n) is 1.58. The highest BCUT2D eigenvalue weighted by atomic mass is 32.2. The van der Waals surface area contributed by atoms with Gasteiger partial charge in [0.2, 0.25) is 10.0 Å². The Morgan fingerprint density at radius 2 is 2.16 bits per heavy atom. The molecule has 0 aliphatic heterocycles. The number of aromatic nitrogens is 1. The SMILES string of the molecule is CNCc1sccc1S(=O)(=O)NCc1ncc(C)s1. The molecule has 0 atom stereocenters. The van der Waals surface area contributed by atoms with Gasteiger partial charge >= 0.3 is 0 Å². The molecule has 0 saturated carbocycles. The van der Waals surface area contributed by atoms with E-state index in [9.17, 15) is 8.42 Å². The maximum atomic E-state index is 12.2. The smallest absolute Gasteiger partial charge is 0.242 e. The van der Waals surface area contributed by atoms with Crippen LogP contribution < -0.4 is 10.0 Å². The molecule has 0 aliphatic carbocycles. The van der Waals surface area contributed by atoms with Crippen LogP contribution in [0.25, 0.3) is 0 Å². The predicted octanol–water partition coefficient (Wildman–Crippen LogP) is 1.71. The molecule has 0 aliphatic rings. The summed E-state index contributed by atoms with van der Waals surface area (Å²) >= 11 is 2.92. The van der Waals surface area contributed by atoms with Gasteiger partial charge in [0.25, 0.3) is 0 Å². The van der Waals surface area contributed by atoms with E-state index in [0.717, 1.165) is 14.8 Å². The van der Waals surface area contributed by atoms with Crippen LogP contribution in [0.1, 0.15) is 14.8 Å². The van der Waals surface area contributed by atoms with Crippen LogP contribution in [0, 0.1) is 6.92 Å². The first-order valence-corrected chi connectivity index (χ1v) is 8.83. The number of sulfonamides is 1. The molecule has 2 heterocycles. The molecule has 5 nitrogen and oxygen atoms in total. The summed E-state index contributed by atoms with van der Waals surface area (Å²) in [6.07, 6.45) is 1.74. The molecule has 19 heavy (non-hydrogen) atoms. The maximum Gasteiger partial charge on any atom is 0.242 e. The lowest BCUT2D eigenvalue weighted by Crippen LogP contribution is -2.24. The third-order valence-corrected chi connectivity index (χ3v) is 5.86. The molecule has 2 rings (SSSR count). The minimum atomic E-state index is -3.47. The normalized spacial score (nSPS) is 11.9. The van der Waals surface area contributed by atoms with Crippen LogP contribution in [0.4, 0.5) is 0 Å². The minimum Gasteiger partial charge on any atom is -0.315 e. The molecule has 0 amide bonds. The lowest BCUT2D eigenvalue weighted by atomic mass is 10.5. The molecule has 0 radical (unpaired) electrons. The second-order valence-corrected chi connectivity index (χ2v) is 7.98. The summed E-state index contributed by atoms with van der Waals surface area (Å²) in [5.41, 5.74) is 0. The molecule has 2 aromatic heterocycles. The van der Waals surface area contributed by atoms with Crippen molar-refractivity contribution in [1.82, 2.24) is 15.0 Å². The van der Waals surface area contributed by atoms with Crippen molar-refractivity contribution in [1.29, 1.82) is 0 Å². The molecule has 0 aromatic carbocycles. The number of rotatable bonds is 6. The van der Waals surface area contributed by atoms with Crippen molar-refractivity contribution in [2.24, 2.45) is 0 Å². The summed E-state index contributed by atoms with van der Waals surface area (Å²) < 4.78 is 27.0. The first-order valence-electron chi connectivity index (χ1n) is 5.65. The first-order chi connectivity index (χ1) is 9.03. The van der Waals surface area contributed by atoms with Gasteiger partial charge in [0.15, 0.2) is 0 Å². The van der Waals surface area contributed by atoms with Gasteiger partial charge in [-0.2, -0.15) is 0 Å². The topological polar surface area (TPSA) is 71.1 Å². The molecule has 0 saturated heterocycles. The van der Waals surface area contributed by atoms with Crippen molar-refractivity contribution >= 4 is 32.7 Å². The Labute approximate surface area is 120 Å². The molecule has 0 fully saturated rings. The third kappa shape index (κ3) is 3.61. The van der Waals surface area contributed by atoms with Gasteiger partial charge in [-0.1, -0.05) is 0 Å². The van der Waals surface area contributed by atoms with Gasteiger partial charge in [-0.05, 0) is 25.4 Å². The largest absolute Gasteiger partial charge is 0.315 e. The molecule has 104 valence electrons. The van der Waals surface area contributed by atoms with Crippen LogP contribution in [-0.2, 0) is 23.1 Å². The van der Waals surface area contributed by atoms with E-state index in [-0.39, 0.29) is 6.54 Å². The van der Waals surface area contributed by atoms with Crippen molar-refractivity contribution in [3.8, 4) is 0 Å². The monoisotopic (exact) mass is 317 g/mol. The van der Waals surface area contributed by atoms with Gasteiger partial charge in [0.05, 0.1) is 11.4 Å². The van der Waals surface area contributed by atoms with E-state index in [0.29, 0.717) is 11.4 Å². The molecule has 2 aromatic rings. The number of nitrogens with one attached hydrogen (secondary N) is 2. The fraction of sp³-hybridized carbons (Fsp3) is 0.364.